The van der Waals surface area contributed by atoms with Crippen LogP contribution < -0.4 is 10.1 Å². The number of nitrogens with one attached hydrogen (secondary N) is 1. The lowest BCUT2D eigenvalue weighted by Crippen LogP contribution is -2.11. The number of fused-ring (bicyclic) bond motifs is 1. The Morgan fingerprint density at radius 3 is 2.73 bits per heavy atom. The van der Waals surface area contributed by atoms with Crippen LogP contribution in [0.3, 0.4) is 0 Å². The highest BCUT2D eigenvalue weighted by Crippen LogP contribution is 2.27. The summed E-state index contributed by atoms with van der Waals surface area (Å²) in [7, 11) is 0. The number of ether oxygens (including phenoxy) is 1. The molecule has 3 rings (SSSR count). The molecule has 1 atom stereocenters. The minimum atomic E-state index is -0.856. The molecule has 0 fully saturated rings. The molecule has 0 saturated carbocycles. The number of carbonyl (C=O) groups is 2. The van der Waals surface area contributed by atoms with Crippen LogP contribution >= 0.6 is 0 Å². The lowest BCUT2D eigenvalue weighted by Gasteiger charge is -2.14. The van der Waals surface area contributed by atoms with E-state index in [2.05, 4.69) is 54.2 Å². The lowest BCUT2D eigenvalue weighted by atomic mass is 10.0. The third-order valence-electron chi connectivity index (χ3n) is 5.64. The topological polar surface area (TPSA) is 80.6 Å². The van der Waals surface area contributed by atoms with E-state index in [9.17, 15) is 9.59 Å². The zero-order valence-electron chi connectivity index (χ0n) is 19.5. The molecule has 0 spiro atoms. The maximum Gasteiger partial charge on any atom is 0.303 e. The van der Waals surface area contributed by atoms with Gasteiger partial charge in [0.25, 0.3) is 0 Å². The fourth-order valence-electron chi connectivity index (χ4n) is 3.90. The van der Waals surface area contributed by atoms with Gasteiger partial charge in [-0.05, 0) is 68.2 Å². The van der Waals surface area contributed by atoms with E-state index in [4.69, 9.17) is 9.84 Å². The average molecular weight is 449 g/mol. The van der Waals surface area contributed by atoms with Gasteiger partial charge < -0.3 is 19.7 Å². The minimum absolute atomic E-state index is 0.0434. The van der Waals surface area contributed by atoms with Gasteiger partial charge in [0, 0.05) is 35.6 Å². The number of carboxylic acids is 1. The lowest BCUT2D eigenvalue weighted by molar-refractivity contribution is -0.137. The van der Waals surface area contributed by atoms with Crippen LogP contribution in [0.4, 0.5) is 5.69 Å². The zero-order chi connectivity index (χ0) is 23.8. The number of hydrogen-bond donors (Lipinski definition) is 2. The summed E-state index contributed by atoms with van der Waals surface area (Å²) >= 11 is 0. The van der Waals surface area contributed by atoms with Crippen molar-refractivity contribution in [2.24, 2.45) is 0 Å². The van der Waals surface area contributed by atoms with E-state index >= 15 is 0 Å². The van der Waals surface area contributed by atoms with Crippen molar-refractivity contribution in [3.05, 3.63) is 66.4 Å². The molecule has 1 heterocycles. The van der Waals surface area contributed by atoms with Crippen LogP contribution in [0.25, 0.3) is 16.5 Å². The highest BCUT2D eigenvalue weighted by atomic mass is 16.5. The van der Waals surface area contributed by atoms with Gasteiger partial charge in [-0.15, -0.1) is 0 Å². The Balaban J connectivity index is 1.69. The van der Waals surface area contributed by atoms with Gasteiger partial charge in [0.05, 0.1) is 12.3 Å². The van der Waals surface area contributed by atoms with Crippen LogP contribution in [0.2, 0.25) is 0 Å². The first-order valence-electron chi connectivity index (χ1n) is 11.4. The van der Waals surface area contributed by atoms with Crippen LogP contribution in [-0.4, -0.2) is 28.2 Å². The second-order valence-electron chi connectivity index (χ2n) is 8.29. The Bertz CT molecular complexity index is 1150. The number of rotatable bonds is 11. The number of benzene rings is 2. The highest BCUT2D eigenvalue weighted by Gasteiger charge is 2.10. The number of amides is 1. The standard InChI is InChI=1S/C27H32N2O4/c1-4-8-20(3)29-15-14-22-18-21(12-13-24(22)29)19(2)17-26(30)28-23-9-5-6-10-25(23)33-16-7-11-27(31)32/h5-6,9-10,12-15,17-18,20H,4,7-8,11,16H2,1-3H3,(H,28,30)(H,31,32)/b19-17+. The molecule has 2 aromatic carbocycles. The van der Waals surface area contributed by atoms with E-state index in [-0.39, 0.29) is 18.9 Å². The first-order valence-corrected chi connectivity index (χ1v) is 11.4. The maximum atomic E-state index is 12.7. The molecule has 0 aliphatic rings. The number of hydrogen-bond acceptors (Lipinski definition) is 3. The van der Waals surface area contributed by atoms with E-state index in [0.717, 1.165) is 29.4 Å². The Hall–Kier alpha value is -3.54. The summed E-state index contributed by atoms with van der Waals surface area (Å²) in [5.74, 6) is -0.583. The largest absolute Gasteiger partial charge is 0.491 e. The Kier molecular flexibility index (Phi) is 8.30. The Morgan fingerprint density at radius 2 is 1.97 bits per heavy atom. The summed E-state index contributed by atoms with van der Waals surface area (Å²) in [4.78, 5) is 23.3. The smallest absolute Gasteiger partial charge is 0.303 e. The summed E-state index contributed by atoms with van der Waals surface area (Å²) in [6.07, 6.45) is 6.44. The molecule has 0 aliphatic carbocycles. The average Bonchev–Trinajstić information content (AvgIpc) is 3.21. The van der Waals surface area contributed by atoms with Crippen molar-refractivity contribution >= 4 is 34.0 Å². The van der Waals surface area contributed by atoms with Gasteiger partial charge >= 0.3 is 5.97 Å². The van der Waals surface area contributed by atoms with Crippen molar-refractivity contribution in [3.8, 4) is 5.75 Å². The van der Waals surface area contributed by atoms with Gasteiger partial charge in [-0.1, -0.05) is 31.5 Å². The third-order valence-corrected chi connectivity index (χ3v) is 5.64. The van der Waals surface area contributed by atoms with Crippen molar-refractivity contribution in [2.75, 3.05) is 11.9 Å². The molecule has 0 saturated heterocycles. The number of anilines is 1. The van der Waals surface area contributed by atoms with Gasteiger partial charge in [-0.3, -0.25) is 9.59 Å². The SMILES string of the molecule is CCCC(C)n1ccc2cc(/C(C)=C/C(=O)Nc3ccccc3OCCCC(=O)O)ccc21. The molecule has 1 aromatic heterocycles. The Labute approximate surface area is 194 Å². The van der Waals surface area contributed by atoms with Crippen molar-refractivity contribution in [2.45, 2.75) is 52.5 Å². The van der Waals surface area contributed by atoms with Crippen molar-refractivity contribution in [3.63, 3.8) is 0 Å². The predicted molar refractivity (Wildman–Crippen MR) is 133 cm³/mol. The van der Waals surface area contributed by atoms with Crippen LogP contribution in [-0.2, 0) is 9.59 Å². The third kappa shape index (κ3) is 6.48. The molecule has 1 unspecified atom stereocenters. The molecule has 174 valence electrons. The monoisotopic (exact) mass is 448 g/mol. The van der Waals surface area contributed by atoms with Crippen LogP contribution in [0, 0.1) is 0 Å². The molecule has 0 radical (unpaired) electrons. The van der Waals surface area contributed by atoms with Gasteiger partial charge in [0.15, 0.2) is 0 Å². The van der Waals surface area contributed by atoms with Crippen LogP contribution in [0.1, 0.15) is 58.1 Å². The fourth-order valence-corrected chi connectivity index (χ4v) is 3.90. The number of carbonyl (C=O) groups excluding carboxylic acids is 1. The molecular weight excluding hydrogens is 416 g/mol. The number of allylic oxidation sites excluding steroid dienone is 1. The van der Waals surface area contributed by atoms with Gasteiger partial charge in [-0.25, -0.2) is 0 Å². The normalized spacial score (nSPS) is 12.5. The van der Waals surface area contributed by atoms with E-state index in [1.807, 2.05) is 19.1 Å². The summed E-state index contributed by atoms with van der Waals surface area (Å²) < 4.78 is 7.97. The van der Waals surface area contributed by atoms with Crippen molar-refractivity contribution in [1.29, 1.82) is 0 Å². The van der Waals surface area contributed by atoms with Gasteiger partial charge in [0.2, 0.25) is 5.91 Å². The molecule has 0 aliphatic heterocycles. The molecule has 33 heavy (non-hydrogen) atoms. The van der Waals surface area contributed by atoms with Crippen molar-refractivity contribution < 1.29 is 19.4 Å². The zero-order valence-corrected chi connectivity index (χ0v) is 19.5. The Morgan fingerprint density at radius 1 is 1.18 bits per heavy atom. The molecule has 1 amide bonds. The van der Waals surface area contributed by atoms with Gasteiger partial charge in [0.1, 0.15) is 5.75 Å². The number of para-hydroxylation sites is 2. The number of aliphatic carboxylic acids is 1. The molecule has 3 aromatic rings. The second kappa shape index (κ2) is 11.4. The molecule has 2 N–H and O–H groups in total. The number of nitrogens with zero attached hydrogens (tertiary/aromatic N) is 1. The highest BCUT2D eigenvalue weighted by molar-refractivity contribution is 6.04. The van der Waals surface area contributed by atoms with E-state index in [1.54, 1.807) is 18.2 Å². The molecular formula is C27H32N2O4. The first kappa shape index (κ1) is 24.1. The van der Waals surface area contributed by atoms with Crippen molar-refractivity contribution in [1.82, 2.24) is 4.57 Å². The van der Waals surface area contributed by atoms with E-state index in [0.29, 0.717) is 23.9 Å². The predicted octanol–water partition coefficient (Wildman–Crippen LogP) is 6.29. The molecule has 0 bridgehead atoms. The summed E-state index contributed by atoms with van der Waals surface area (Å²) in [5.41, 5.74) is 3.62. The van der Waals surface area contributed by atoms with E-state index < -0.39 is 5.97 Å². The quantitative estimate of drug-likeness (QED) is 0.267. The maximum absolute atomic E-state index is 12.7. The number of aromatic nitrogens is 1. The van der Waals surface area contributed by atoms with E-state index in [1.165, 1.54) is 5.52 Å². The van der Waals surface area contributed by atoms with Crippen LogP contribution in [0.15, 0.2) is 60.8 Å². The summed E-state index contributed by atoms with van der Waals surface area (Å²) in [6, 6.07) is 16.0. The van der Waals surface area contributed by atoms with Crippen LogP contribution in [0.5, 0.6) is 5.75 Å². The number of carboxylic acid groups (broad SMARTS) is 1. The van der Waals surface area contributed by atoms with Gasteiger partial charge in [-0.2, -0.15) is 0 Å². The summed E-state index contributed by atoms with van der Waals surface area (Å²) in [6.45, 7) is 6.62. The summed E-state index contributed by atoms with van der Waals surface area (Å²) in [5, 5.41) is 12.8. The second-order valence-corrected chi connectivity index (χ2v) is 8.29. The fraction of sp³-hybridized carbons (Fsp3) is 0.333. The molecule has 6 heteroatoms. The molecule has 6 nitrogen and oxygen atoms in total. The minimum Gasteiger partial charge on any atom is -0.491 e. The first-order chi connectivity index (χ1) is 15.9.